The number of imide groups is 1. The molecule has 6 nitrogen and oxygen atoms in total. The summed E-state index contributed by atoms with van der Waals surface area (Å²) in [5.41, 5.74) is 0.536. The topological polar surface area (TPSA) is 66.9 Å². The Hall–Kier alpha value is -2.37. The SMILES string of the molecule is COc1ccc(N2C(=O)CC(N(C(=O)C3CC3)C3CCCC3)C2=O)cc1. The fourth-order valence-corrected chi connectivity index (χ4v) is 4.15. The molecule has 0 aromatic heterocycles. The van der Waals surface area contributed by atoms with Crippen molar-refractivity contribution in [3.05, 3.63) is 24.3 Å². The van der Waals surface area contributed by atoms with E-state index in [4.69, 9.17) is 4.74 Å². The number of hydrogen-bond donors (Lipinski definition) is 0. The van der Waals surface area contributed by atoms with E-state index in [2.05, 4.69) is 0 Å². The van der Waals surface area contributed by atoms with Crippen LogP contribution in [-0.2, 0) is 14.4 Å². The summed E-state index contributed by atoms with van der Waals surface area (Å²) in [6.07, 6.45) is 5.91. The van der Waals surface area contributed by atoms with Gasteiger partial charge in [-0.25, -0.2) is 4.90 Å². The number of carbonyl (C=O) groups excluding carboxylic acids is 3. The second-order valence-electron chi connectivity index (χ2n) is 7.44. The molecule has 1 aromatic carbocycles. The summed E-state index contributed by atoms with van der Waals surface area (Å²) in [5.74, 6) is 0.270. The number of ether oxygens (including phenoxy) is 1. The van der Waals surface area contributed by atoms with E-state index in [0.29, 0.717) is 11.4 Å². The molecule has 3 fully saturated rings. The first kappa shape index (κ1) is 17.1. The molecule has 0 spiro atoms. The van der Waals surface area contributed by atoms with Gasteiger partial charge in [0.05, 0.1) is 19.2 Å². The van der Waals surface area contributed by atoms with Crippen LogP contribution in [0.25, 0.3) is 0 Å². The standard InChI is InChI=1S/C20H24N2O4/c1-26-16-10-8-15(9-11-16)22-18(23)12-17(20(22)25)21(14-4-2-3-5-14)19(24)13-6-7-13/h8-11,13-14,17H,2-7,12H2,1H3. The number of hydrogen-bond acceptors (Lipinski definition) is 4. The van der Waals surface area contributed by atoms with Gasteiger partial charge in [-0.3, -0.25) is 14.4 Å². The van der Waals surface area contributed by atoms with E-state index >= 15 is 0 Å². The van der Waals surface area contributed by atoms with Crippen molar-refractivity contribution in [2.75, 3.05) is 12.0 Å². The lowest BCUT2D eigenvalue weighted by atomic mass is 10.1. The number of anilines is 1. The summed E-state index contributed by atoms with van der Waals surface area (Å²) in [5, 5.41) is 0. The van der Waals surface area contributed by atoms with Crippen molar-refractivity contribution in [1.82, 2.24) is 4.90 Å². The molecular formula is C20H24N2O4. The maximum atomic E-state index is 13.1. The van der Waals surface area contributed by atoms with Crippen LogP contribution in [-0.4, -0.2) is 41.8 Å². The summed E-state index contributed by atoms with van der Waals surface area (Å²) >= 11 is 0. The summed E-state index contributed by atoms with van der Waals surface area (Å²) in [4.78, 5) is 41.6. The van der Waals surface area contributed by atoms with E-state index in [1.807, 2.05) is 0 Å². The van der Waals surface area contributed by atoms with Crippen LogP contribution in [0.4, 0.5) is 5.69 Å². The number of nitrogens with zero attached hydrogens (tertiary/aromatic N) is 2. The zero-order valence-corrected chi connectivity index (χ0v) is 15.0. The van der Waals surface area contributed by atoms with Crippen LogP contribution >= 0.6 is 0 Å². The van der Waals surface area contributed by atoms with Crippen LogP contribution in [0.5, 0.6) is 5.75 Å². The lowest BCUT2D eigenvalue weighted by Gasteiger charge is -2.33. The second-order valence-corrected chi connectivity index (χ2v) is 7.44. The Morgan fingerprint density at radius 1 is 1.08 bits per heavy atom. The number of benzene rings is 1. The molecule has 3 amide bonds. The highest BCUT2D eigenvalue weighted by Crippen LogP contribution is 2.38. The fourth-order valence-electron chi connectivity index (χ4n) is 4.15. The van der Waals surface area contributed by atoms with Crippen molar-refractivity contribution in [2.45, 2.75) is 57.0 Å². The molecule has 1 aliphatic heterocycles. The Morgan fingerprint density at radius 3 is 2.31 bits per heavy atom. The Labute approximate surface area is 153 Å². The molecule has 1 saturated heterocycles. The average molecular weight is 356 g/mol. The molecule has 0 N–H and O–H groups in total. The predicted molar refractivity (Wildman–Crippen MR) is 95.7 cm³/mol. The lowest BCUT2D eigenvalue weighted by molar-refractivity contribution is -0.142. The summed E-state index contributed by atoms with van der Waals surface area (Å²) in [7, 11) is 1.57. The highest BCUT2D eigenvalue weighted by atomic mass is 16.5. The van der Waals surface area contributed by atoms with Crippen molar-refractivity contribution < 1.29 is 19.1 Å². The van der Waals surface area contributed by atoms with Crippen molar-refractivity contribution in [3.63, 3.8) is 0 Å². The van der Waals surface area contributed by atoms with Gasteiger partial charge in [-0.1, -0.05) is 12.8 Å². The van der Waals surface area contributed by atoms with E-state index in [0.717, 1.165) is 38.5 Å². The minimum absolute atomic E-state index is 0.0496. The van der Waals surface area contributed by atoms with Gasteiger partial charge < -0.3 is 9.64 Å². The zero-order valence-electron chi connectivity index (χ0n) is 15.0. The van der Waals surface area contributed by atoms with Gasteiger partial charge in [0, 0.05) is 12.0 Å². The molecule has 1 atom stereocenters. The molecule has 1 unspecified atom stereocenters. The molecule has 138 valence electrons. The number of carbonyl (C=O) groups is 3. The van der Waals surface area contributed by atoms with Gasteiger partial charge in [-0.2, -0.15) is 0 Å². The molecule has 2 saturated carbocycles. The summed E-state index contributed by atoms with van der Waals surface area (Å²) in [6.45, 7) is 0. The van der Waals surface area contributed by atoms with Crippen molar-refractivity contribution in [3.8, 4) is 5.75 Å². The Kier molecular flexibility index (Phi) is 4.42. The van der Waals surface area contributed by atoms with Crippen LogP contribution in [0.1, 0.15) is 44.9 Å². The zero-order chi connectivity index (χ0) is 18.3. The van der Waals surface area contributed by atoms with Gasteiger partial charge in [-0.15, -0.1) is 0 Å². The second kappa shape index (κ2) is 6.74. The molecule has 0 radical (unpaired) electrons. The number of methoxy groups -OCH3 is 1. The van der Waals surface area contributed by atoms with E-state index in [1.165, 1.54) is 4.90 Å². The van der Waals surface area contributed by atoms with E-state index in [-0.39, 0.29) is 36.1 Å². The molecule has 6 heteroatoms. The molecule has 4 rings (SSSR count). The smallest absolute Gasteiger partial charge is 0.257 e. The maximum Gasteiger partial charge on any atom is 0.257 e. The molecule has 1 heterocycles. The molecule has 26 heavy (non-hydrogen) atoms. The Morgan fingerprint density at radius 2 is 1.73 bits per heavy atom. The monoisotopic (exact) mass is 356 g/mol. The van der Waals surface area contributed by atoms with E-state index in [1.54, 1.807) is 36.3 Å². The van der Waals surface area contributed by atoms with Crippen molar-refractivity contribution >= 4 is 23.4 Å². The van der Waals surface area contributed by atoms with E-state index < -0.39 is 6.04 Å². The Balaban J connectivity index is 1.60. The molecule has 1 aromatic rings. The van der Waals surface area contributed by atoms with Crippen molar-refractivity contribution in [2.24, 2.45) is 5.92 Å². The summed E-state index contributed by atoms with van der Waals surface area (Å²) in [6, 6.07) is 6.32. The fraction of sp³-hybridized carbons (Fsp3) is 0.550. The molecule has 3 aliphatic rings. The minimum atomic E-state index is -0.652. The van der Waals surface area contributed by atoms with Crippen LogP contribution in [0.2, 0.25) is 0 Å². The number of rotatable bonds is 5. The first-order valence-electron chi connectivity index (χ1n) is 9.43. The van der Waals surface area contributed by atoms with Gasteiger partial charge in [0.15, 0.2) is 0 Å². The molecular weight excluding hydrogens is 332 g/mol. The third-order valence-electron chi connectivity index (χ3n) is 5.69. The third kappa shape index (κ3) is 2.97. The normalized spacial score (nSPS) is 23.6. The minimum Gasteiger partial charge on any atom is -0.497 e. The maximum absolute atomic E-state index is 13.1. The average Bonchev–Trinajstić information content (AvgIpc) is 3.29. The van der Waals surface area contributed by atoms with Crippen LogP contribution < -0.4 is 9.64 Å². The first-order chi connectivity index (χ1) is 12.6. The predicted octanol–water partition coefficient (Wildman–Crippen LogP) is 2.51. The van der Waals surface area contributed by atoms with Gasteiger partial charge >= 0.3 is 0 Å². The van der Waals surface area contributed by atoms with E-state index in [9.17, 15) is 14.4 Å². The van der Waals surface area contributed by atoms with Crippen molar-refractivity contribution in [1.29, 1.82) is 0 Å². The largest absolute Gasteiger partial charge is 0.497 e. The van der Waals surface area contributed by atoms with Gasteiger partial charge in [-0.05, 0) is 49.9 Å². The molecule has 0 bridgehead atoms. The highest BCUT2D eigenvalue weighted by molar-refractivity contribution is 6.23. The first-order valence-corrected chi connectivity index (χ1v) is 9.43. The van der Waals surface area contributed by atoms with Gasteiger partial charge in [0.2, 0.25) is 11.8 Å². The van der Waals surface area contributed by atoms with Gasteiger partial charge in [0.1, 0.15) is 11.8 Å². The lowest BCUT2D eigenvalue weighted by Crippen LogP contribution is -2.50. The summed E-state index contributed by atoms with van der Waals surface area (Å²) < 4.78 is 5.14. The molecule has 2 aliphatic carbocycles. The van der Waals surface area contributed by atoms with Crippen LogP contribution in [0.3, 0.4) is 0 Å². The quantitative estimate of drug-likeness (QED) is 0.761. The van der Waals surface area contributed by atoms with Crippen LogP contribution in [0, 0.1) is 5.92 Å². The third-order valence-corrected chi connectivity index (χ3v) is 5.69. The van der Waals surface area contributed by atoms with Crippen LogP contribution in [0.15, 0.2) is 24.3 Å². The highest BCUT2D eigenvalue weighted by Gasteiger charge is 2.49. The Bertz CT molecular complexity index is 720. The van der Waals surface area contributed by atoms with Gasteiger partial charge in [0.25, 0.3) is 5.91 Å². The number of amides is 3.